The molecule has 1 unspecified atom stereocenters. The topological polar surface area (TPSA) is 47.4 Å². The Balaban J connectivity index is 1.98. The summed E-state index contributed by atoms with van der Waals surface area (Å²) in [5.41, 5.74) is 2.02. The molecule has 18 heavy (non-hydrogen) atoms. The van der Waals surface area contributed by atoms with Crippen molar-refractivity contribution in [2.24, 2.45) is 4.99 Å². The Morgan fingerprint density at radius 2 is 1.94 bits per heavy atom. The van der Waals surface area contributed by atoms with Crippen LogP contribution in [0.1, 0.15) is 17.2 Å². The zero-order chi connectivity index (χ0) is 12.6. The molecule has 0 N–H and O–H groups in total. The Morgan fingerprint density at radius 3 is 2.61 bits per heavy atom. The summed E-state index contributed by atoms with van der Waals surface area (Å²) in [6.45, 7) is 0.579. The van der Waals surface area contributed by atoms with Gasteiger partial charge in [-0.25, -0.2) is 9.97 Å². The fourth-order valence-electron chi connectivity index (χ4n) is 1.61. The molecule has 0 spiro atoms. The van der Waals surface area contributed by atoms with Gasteiger partial charge in [-0.2, -0.15) is 0 Å². The normalized spacial score (nSPS) is 12.7. The summed E-state index contributed by atoms with van der Waals surface area (Å²) in [6, 6.07) is 10.1. The molecule has 0 fully saturated rings. The van der Waals surface area contributed by atoms with Gasteiger partial charge < -0.3 is 4.74 Å². The van der Waals surface area contributed by atoms with Crippen molar-refractivity contribution in [1.82, 2.24) is 9.97 Å². The standard InChI is InChI=1S/C14H15N3O/c1-18-14(13-5-3-2-4-6-13)10-15-7-12-8-16-11-17-9-12/h2-9,11,14H,10H2,1H3. The summed E-state index contributed by atoms with van der Waals surface area (Å²) in [5.74, 6) is 0. The molecular weight excluding hydrogens is 226 g/mol. The Morgan fingerprint density at radius 1 is 1.22 bits per heavy atom. The highest BCUT2D eigenvalue weighted by Crippen LogP contribution is 2.16. The van der Waals surface area contributed by atoms with E-state index in [2.05, 4.69) is 15.0 Å². The van der Waals surface area contributed by atoms with Crippen molar-refractivity contribution in [2.45, 2.75) is 6.10 Å². The smallest absolute Gasteiger partial charge is 0.115 e. The Bertz CT molecular complexity index is 485. The van der Waals surface area contributed by atoms with Crippen LogP contribution in [0.5, 0.6) is 0 Å². The highest BCUT2D eigenvalue weighted by molar-refractivity contribution is 5.78. The number of nitrogens with zero attached hydrogens (tertiary/aromatic N) is 3. The van der Waals surface area contributed by atoms with Crippen molar-refractivity contribution in [3.63, 3.8) is 0 Å². The lowest BCUT2D eigenvalue weighted by Crippen LogP contribution is -2.05. The molecule has 2 rings (SSSR count). The van der Waals surface area contributed by atoms with Gasteiger partial charge in [0.05, 0.1) is 6.54 Å². The monoisotopic (exact) mass is 241 g/mol. The number of hydrogen-bond acceptors (Lipinski definition) is 4. The van der Waals surface area contributed by atoms with Gasteiger partial charge in [0.1, 0.15) is 12.4 Å². The molecule has 0 aliphatic carbocycles. The fraction of sp³-hybridized carbons (Fsp3) is 0.214. The minimum absolute atomic E-state index is 0.0212. The van der Waals surface area contributed by atoms with Crippen molar-refractivity contribution in [3.05, 3.63) is 60.2 Å². The Hall–Kier alpha value is -2.07. The number of benzene rings is 1. The van der Waals surface area contributed by atoms with Crippen LogP contribution < -0.4 is 0 Å². The van der Waals surface area contributed by atoms with Gasteiger partial charge in [-0.15, -0.1) is 0 Å². The predicted octanol–water partition coefficient (Wildman–Crippen LogP) is 2.28. The zero-order valence-electron chi connectivity index (χ0n) is 10.2. The van der Waals surface area contributed by atoms with Crippen LogP contribution in [0.4, 0.5) is 0 Å². The molecule has 0 bridgehead atoms. The second-order valence-corrected chi connectivity index (χ2v) is 3.80. The zero-order valence-corrected chi connectivity index (χ0v) is 10.2. The number of methoxy groups -OCH3 is 1. The van der Waals surface area contributed by atoms with Crippen LogP contribution in [0.25, 0.3) is 0 Å². The summed E-state index contributed by atoms with van der Waals surface area (Å²) in [4.78, 5) is 12.2. The Kier molecular flexibility index (Phi) is 4.55. The Labute approximate surface area is 106 Å². The van der Waals surface area contributed by atoms with Gasteiger partial charge in [-0.1, -0.05) is 30.3 Å². The second-order valence-electron chi connectivity index (χ2n) is 3.80. The largest absolute Gasteiger partial charge is 0.375 e. The number of ether oxygens (including phenoxy) is 1. The highest BCUT2D eigenvalue weighted by Gasteiger charge is 2.07. The molecular formula is C14H15N3O. The lowest BCUT2D eigenvalue weighted by molar-refractivity contribution is 0.111. The third kappa shape index (κ3) is 3.46. The van der Waals surface area contributed by atoms with E-state index < -0.39 is 0 Å². The molecule has 0 saturated heterocycles. The average molecular weight is 241 g/mol. The van der Waals surface area contributed by atoms with Gasteiger partial charge >= 0.3 is 0 Å². The van der Waals surface area contributed by atoms with Crippen molar-refractivity contribution in [1.29, 1.82) is 0 Å². The molecule has 4 nitrogen and oxygen atoms in total. The molecule has 1 atom stereocenters. The second kappa shape index (κ2) is 6.61. The van der Waals surface area contributed by atoms with Crippen LogP contribution in [-0.4, -0.2) is 29.8 Å². The van der Waals surface area contributed by atoms with E-state index >= 15 is 0 Å². The van der Waals surface area contributed by atoms with Gasteiger partial charge in [0, 0.05) is 31.3 Å². The molecule has 1 aromatic carbocycles. The summed E-state index contributed by atoms with van der Waals surface area (Å²) in [7, 11) is 1.69. The summed E-state index contributed by atoms with van der Waals surface area (Å²) in [6.07, 6.45) is 6.68. The number of aromatic nitrogens is 2. The van der Waals surface area contributed by atoms with Crippen molar-refractivity contribution < 1.29 is 4.74 Å². The minimum Gasteiger partial charge on any atom is -0.375 e. The maximum atomic E-state index is 5.43. The van der Waals surface area contributed by atoms with E-state index in [4.69, 9.17) is 4.74 Å². The number of hydrogen-bond donors (Lipinski definition) is 0. The van der Waals surface area contributed by atoms with E-state index in [-0.39, 0.29) is 6.10 Å². The van der Waals surface area contributed by atoms with E-state index in [0.717, 1.165) is 11.1 Å². The SMILES string of the molecule is COC(CN=Cc1cncnc1)c1ccccc1. The molecule has 1 aromatic heterocycles. The van der Waals surface area contributed by atoms with Crippen molar-refractivity contribution in [3.8, 4) is 0 Å². The molecule has 4 heteroatoms. The van der Waals surface area contributed by atoms with Crippen molar-refractivity contribution in [2.75, 3.05) is 13.7 Å². The average Bonchev–Trinajstić information content (AvgIpc) is 2.46. The predicted molar refractivity (Wildman–Crippen MR) is 70.7 cm³/mol. The molecule has 0 amide bonds. The summed E-state index contributed by atoms with van der Waals surface area (Å²) in [5, 5.41) is 0. The molecule has 92 valence electrons. The maximum Gasteiger partial charge on any atom is 0.115 e. The van der Waals surface area contributed by atoms with Gasteiger partial charge in [0.15, 0.2) is 0 Å². The van der Waals surface area contributed by atoms with Crippen LogP contribution in [0.2, 0.25) is 0 Å². The van der Waals surface area contributed by atoms with Crippen LogP contribution in [0.3, 0.4) is 0 Å². The first kappa shape index (κ1) is 12.4. The van der Waals surface area contributed by atoms with Crippen molar-refractivity contribution >= 4 is 6.21 Å². The van der Waals surface area contributed by atoms with Crippen LogP contribution in [-0.2, 0) is 4.74 Å². The maximum absolute atomic E-state index is 5.43. The number of rotatable bonds is 5. The lowest BCUT2D eigenvalue weighted by atomic mass is 10.1. The van der Waals surface area contributed by atoms with Crippen LogP contribution in [0.15, 0.2) is 54.0 Å². The van der Waals surface area contributed by atoms with Crippen LogP contribution >= 0.6 is 0 Å². The molecule has 1 heterocycles. The number of aliphatic imine (C=N–C) groups is 1. The van der Waals surface area contributed by atoms with Gasteiger partial charge in [-0.3, -0.25) is 4.99 Å². The lowest BCUT2D eigenvalue weighted by Gasteiger charge is -2.12. The van der Waals surface area contributed by atoms with E-state index in [1.807, 2.05) is 30.3 Å². The molecule has 0 saturated carbocycles. The van der Waals surface area contributed by atoms with Gasteiger partial charge in [-0.05, 0) is 5.56 Å². The quantitative estimate of drug-likeness (QED) is 0.754. The molecule has 0 aliphatic heterocycles. The van der Waals surface area contributed by atoms with Gasteiger partial charge in [0.25, 0.3) is 0 Å². The highest BCUT2D eigenvalue weighted by atomic mass is 16.5. The third-order valence-electron chi connectivity index (χ3n) is 2.55. The first-order valence-electron chi connectivity index (χ1n) is 5.72. The minimum atomic E-state index is -0.0212. The molecule has 0 radical (unpaired) electrons. The summed E-state index contributed by atoms with van der Waals surface area (Å²) < 4.78 is 5.43. The first-order chi connectivity index (χ1) is 8.90. The first-order valence-corrected chi connectivity index (χ1v) is 5.72. The summed E-state index contributed by atoms with van der Waals surface area (Å²) >= 11 is 0. The van der Waals surface area contributed by atoms with E-state index in [9.17, 15) is 0 Å². The van der Waals surface area contributed by atoms with E-state index in [1.54, 1.807) is 25.7 Å². The third-order valence-corrected chi connectivity index (χ3v) is 2.55. The molecule has 2 aromatic rings. The van der Waals surface area contributed by atoms with Crippen LogP contribution in [0, 0.1) is 0 Å². The van der Waals surface area contributed by atoms with E-state index in [0.29, 0.717) is 6.54 Å². The fourth-order valence-corrected chi connectivity index (χ4v) is 1.61. The molecule has 0 aliphatic rings. The van der Waals surface area contributed by atoms with E-state index in [1.165, 1.54) is 6.33 Å². The van der Waals surface area contributed by atoms with Gasteiger partial charge in [0.2, 0.25) is 0 Å².